The van der Waals surface area contributed by atoms with E-state index in [4.69, 9.17) is 5.73 Å². The maximum absolute atomic E-state index is 12.7. The van der Waals surface area contributed by atoms with E-state index in [-0.39, 0.29) is 6.04 Å². The van der Waals surface area contributed by atoms with Crippen LogP contribution in [0.25, 0.3) is 0 Å². The van der Waals surface area contributed by atoms with Gasteiger partial charge in [-0.25, -0.2) is 9.97 Å². The standard InChI is InChI=1S/C15H19F3N6/c1-2-13-20-12(19)8-14(21-13)23-6-3-4-10(9-23)24-7-5-11(22-24)15(16,17)18/h5,7-8,10H,2-4,6,9H2,1H3,(H2,19,20,21). The highest BCUT2D eigenvalue weighted by atomic mass is 19.4. The lowest BCUT2D eigenvalue weighted by Gasteiger charge is -2.33. The van der Waals surface area contributed by atoms with E-state index in [1.165, 1.54) is 10.9 Å². The van der Waals surface area contributed by atoms with Crippen LogP contribution < -0.4 is 10.6 Å². The number of halogens is 3. The molecular weight excluding hydrogens is 321 g/mol. The van der Waals surface area contributed by atoms with Crippen LogP contribution in [0.3, 0.4) is 0 Å². The maximum atomic E-state index is 12.7. The molecule has 130 valence electrons. The van der Waals surface area contributed by atoms with Crippen LogP contribution in [0, 0.1) is 0 Å². The van der Waals surface area contributed by atoms with Crippen molar-refractivity contribution in [1.82, 2.24) is 19.7 Å². The van der Waals surface area contributed by atoms with Crippen LogP contribution in [-0.4, -0.2) is 32.8 Å². The molecule has 1 atom stereocenters. The third-order valence-corrected chi connectivity index (χ3v) is 4.09. The number of aromatic nitrogens is 4. The number of nitrogen functional groups attached to an aromatic ring is 1. The largest absolute Gasteiger partial charge is 0.435 e. The summed E-state index contributed by atoms with van der Waals surface area (Å²) in [5, 5.41) is 3.69. The molecule has 1 aliphatic heterocycles. The van der Waals surface area contributed by atoms with Crippen LogP contribution in [0.4, 0.5) is 24.8 Å². The maximum Gasteiger partial charge on any atom is 0.435 e. The smallest absolute Gasteiger partial charge is 0.384 e. The van der Waals surface area contributed by atoms with Gasteiger partial charge in [0.2, 0.25) is 0 Å². The molecule has 9 heteroatoms. The first-order chi connectivity index (χ1) is 11.4. The molecule has 24 heavy (non-hydrogen) atoms. The van der Waals surface area contributed by atoms with Gasteiger partial charge in [-0.15, -0.1) is 0 Å². The van der Waals surface area contributed by atoms with Gasteiger partial charge in [0.1, 0.15) is 17.5 Å². The van der Waals surface area contributed by atoms with E-state index in [1.54, 1.807) is 6.07 Å². The van der Waals surface area contributed by atoms with E-state index in [0.717, 1.165) is 25.5 Å². The zero-order valence-corrected chi connectivity index (χ0v) is 13.3. The fourth-order valence-corrected chi connectivity index (χ4v) is 2.89. The molecule has 0 aliphatic carbocycles. The van der Waals surface area contributed by atoms with Crippen molar-refractivity contribution in [2.75, 3.05) is 23.7 Å². The summed E-state index contributed by atoms with van der Waals surface area (Å²) in [6.07, 6.45) is -0.739. The topological polar surface area (TPSA) is 72.9 Å². The molecule has 0 radical (unpaired) electrons. The van der Waals surface area contributed by atoms with Gasteiger partial charge in [0.15, 0.2) is 5.69 Å². The lowest BCUT2D eigenvalue weighted by atomic mass is 10.1. The van der Waals surface area contributed by atoms with E-state index in [9.17, 15) is 13.2 Å². The first-order valence-electron chi connectivity index (χ1n) is 7.87. The van der Waals surface area contributed by atoms with Gasteiger partial charge in [-0.2, -0.15) is 18.3 Å². The van der Waals surface area contributed by atoms with Crippen LogP contribution in [0.5, 0.6) is 0 Å². The predicted molar refractivity (Wildman–Crippen MR) is 83.5 cm³/mol. The average molecular weight is 340 g/mol. The molecule has 2 N–H and O–H groups in total. The Bertz CT molecular complexity index is 711. The molecule has 0 saturated carbocycles. The van der Waals surface area contributed by atoms with Crippen molar-refractivity contribution in [3.8, 4) is 0 Å². The Labute approximate surface area is 137 Å². The average Bonchev–Trinajstić information content (AvgIpc) is 3.04. The zero-order chi connectivity index (χ0) is 17.3. The summed E-state index contributed by atoms with van der Waals surface area (Å²) in [4.78, 5) is 10.7. The minimum absolute atomic E-state index is 0.129. The molecule has 1 saturated heterocycles. The second-order valence-corrected chi connectivity index (χ2v) is 5.84. The van der Waals surface area contributed by atoms with Gasteiger partial charge in [0.05, 0.1) is 6.04 Å². The number of anilines is 2. The SMILES string of the molecule is CCc1nc(N)cc(N2CCCC(n3ccc(C(F)(F)F)n3)C2)n1. The normalized spacial score (nSPS) is 18.8. The van der Waals surface area contributed by atoms with Gasteiger partial charge >= 0.3 is 6.18 Å². The van der Waals surface area contributed by atoms with Crippen molar-refractivity contribution in [2.24, 2.45) is 0 Å². The monoisotopic (exact) mass is 340 g/mol. The number of hydrogen-bond acceptors (Lipinski definition) is 5. The summed E-state index contributed by atoms with van der Waals surface area (Å²) in [6.45, 7) is 3.27. The molecule has 1 aliphatic rings. The van der Waals surface area contributed by atoms with Crippen molar-refractivity contribution in [3.63, 3.8) is 0 Å². The van der Waals surface area contributed by atoms with Crippen molar-refractivity contribution in [3.05, 3.63) is 29.8 Å². The Morgan fingerprint density at radius 1 is 1.33 bits per heavy atom. The molecule has 2 aromatic heterocycles. The first-order valence-corrected chi connectivity index (χ1v) is 7.87. The Morgan fingerprint density at radius 2 is 2.12 bits per heavy atom. The summed E-state index contributed by atoms with van der Waals surface area (Å²) in [6, 6.07) is 2.58. The molecule has 1 fully saturated rings. The summed E-state index contributed by atoms with van der Waals surface area (Å²) in [7, 11) is 0. The summed E-state index contributed by atoms with van der Waals surface area (Å²) in [5.41, 5.74) is 4.96. The third-order valence-electron chi connectivity index (χ3n) is 4.09. The highest BCUT2D eigenvalue weighted by molar-refractivity contribution is 5.47. The number of hydrogen-bond donors (Lipinski definition) is 1. The highest BCUT2D eigenvalue weighted by Gasteiger charge is 2.34. The molecule has 3 rings (SSSR count). The van der Waals surface area contributed by atoms with Crippen LogP contribution in [0.2, 0.25) is 0 Å². The molecule has 0 spiro atoms. The first kappa shape index (κ1) is 16.5. The van der Waals surface area contributed by atoms with Gasteiger partial charge in [0, 0.05) is 31.8 Å². The van der Waals surface area contributed by atoms with Crippen LogP contribution in [0.15, 0.2) is 18.3 Å². The Balaban J connectivity index is 1.79. The second kappa shape index (κ2) is 6.29. The van der Waals surface area contributed by atoms with Gasteiger partial charge < -0.3 is 10.6 Å². The van der Waals surface area contributed by atoms with Crippen LogP contribution in [0.1, 0.15) is 37.3 Å². The molecule has 6 nitrogen and oxygen atoms in total. The Morgan fingerprint density at radius 3 is 2.79 bits per heavy atom. The Kier molecular flexibility index (Phi) is 4.33. The molecule has 0 bridgehead atoms. The van der Waals surface area contributed by atoms with E-state index in [1.807, 2.05) is 11.8 Å². The summed E-state index contributed by atoms with van der Waals surface area (Å²) >= 11 is 0. The number of piperidine rings is 1. The second-order valence-electron chi connectivity index (χ2n) is 5.84. The van der Waals surface area contributed by atoms with E-state index in [0.29, 0.717) is 30.4 Å². The van der Waals surface area contributed by atoms with E-state index < -0.39 is 11.9 Å². The van der Waals surface area contributed by atoms with Crippen molar-refractivity contribution in [1.29, 1.82) is 0 Å². The minimum Gasteiger partial charge on any atom is -0.384 e. The number of rotatable bonds is 3. The van der Waals surface area contributed by atoms with Crippen molar-refractivity contribution >= 4 is 11.6 Å². The Hall–Kier alpha value is -2.32. The number of alkyl halides is 3. The third kappa shape index (κ3) is 3.44. The molecular formula is C15H19F3N6. The van der Waals surface area contributed by atoms with Crippen molar-refractivity contribution < 1.29 is 13.2 Å². The minimum atomic E-state index is -4.42. The summed E-state index contributed by atoms with van der Waals surface area (Å²) < 4.78 is 39.6. The van der Waals surface area contributed by atoms with E-state index >= 15 is 0 Å². The van der Waals surface area contributed by atoms with Gasteiger partial charge in [-0.05, 0) is 18.9 Å². The molecule has 3 heterocycles. The van der Waals surface area contributed by atoms with Crippen molar-refractivity contribution in [2.45, 2.75) is 38.4 Å². The fraction of sp³-hybridized carbons (Fsp3) is 0.533. The van der Waals surface area contributed by atoms with Gasteiger partial charge in [-0.3, -0.25) is 4.68 Å². The lowest BCUT2D eigenvalue weighted by Crippen LogP contribution is -2.37. The van der Waals surface area contributed by atoms with Crippen LogP contribution >= 0.6 is 0 Å². The van der Waals surface area contributed by atoms with E-state index in [2.05, 4.69) is 15.1 Å². The molecule has 0 amide bonds. The highest BCUT2D eigenvalue weighted by Crippen LogP contribution is 2.30. The molecule has 1 unspecified atom stereocenters. The van der Waals surface area contributed by atoms with Gasteiger partial charge in [-0.1, -0.05) is 6.92 Å². The zero-order valence-electron chi connectivity index (χ0n) is 13.3. The fourth-order valence-electron chi connectivity index (χ4n) is 2.89. The lowest BCUT2D eigenvalue weighted by molar-refractivity contribution is -0.141. The number of aryl methyl sites for hydroxylation is 1. The number of nitrogens with zero attached hydrogens (tertiary/aromatic N) is 5. The molecule has 2 aromatic rings. The summed E-state index contributed by atoms with van der Waals surface area (Å²) in [5.74, 6) is 1.77. The van der Waals surface area contributed by atoms with Crippen LogP contribution in [-0.2, 0) is 12.6 Å². The predicted octanol–water partition coefficient (Wildman–Crippen LogP) is 2.68. The van der Waals surface area contributed by atoms with Gasteiger partial charge in [0.25, 0.3) is 0 Å². The quantitative estimate of drug-likeness (QED) is 0.930. The number of nitrogens with two attached hydrogens (primary N) is 1. The molecule has 0 aromatic carbocycles.